The van der Waals surface area contributed by atoms with Crippen molar-refractivity contribution >= 4 is 27.2 Å². The van der Waals surface area contributed by atoms with E-state index in [1.165, 1.54) is 62.7 Å². The van der Waals surface area contributed by atoms with Crippen molar-refractivity contribution in [1.29, 1.82) is 0 Å². The summed E-state index contributed by atoms with van der Waals surface area (Å²) in [7, 11) is 1.64. The van der Waals surface area contributed by atoms with Gasteiger partial charge in [-0.1, -0.05) is 12.8 Å². The van der Waals surface area contributed by atoms with Gasteiger partial charge in [0.05, 0.1) is 7.11 Å². The second-order valence-corrected chi connectivity index (χ2v) is 14.3. The number of hydrogen-bond acceptors (Lipinski definition) is 8. The molecule has 0 bridgehead atoms. The van der Waals surface area contributed by atoms with Crippen LogP contribution >= 0.6 is 11.3 Å². The molecule has 2 saturated heterocycles. The largest absolute Gasteiger partial charge is 0.508 e. The number of likely N-dealkylation sites (tertiary alicyclic amines) is 2. The maximum absolute atomic E-state index is 14.4. The maximum atomic E-state index is 14.4. The third-order valence-corrected chi connectivity index (χ3v) is 11.3. The highest BCUT2D eigenvalue weighted by atomic mass is 32.1. The van der Waals surface area contributed by atoms with Crippen LogP contribution in [0.5, 0.6) is 23.0 Å². The predicted octanol–water partition coefficient (Wildman–Crippen LogP) is 8.16. The van der Waals surface area contributed by atoms with Crippen LogP contribution in [0.3, 0.4) is 0 Å². The number of nitrogens with zero attached hydrogens (tertiary/aromatic N) is 2. The minimum Gasteiger partial charge on any atom is -0.508 e. The summed E-state index contributed by atoms with van der Waals surface area (Å²) in [5, 5.41) is 11.1. The minimum atomic E-state index is -0.0865. The van der Waals surface area contributed by atoms with Gasteiger partial charge < -0.3 is 19.3 Å². The molecule has 1 N–H and O–H groups in total. The first-order valence-electron chi connectivity index (χ1n) is 17.4. The molecule has 3 aromatic carbocycles. The number of benzene rings is 3. The molecule has 7 nitrogen and oxygen atoms in total. The van der Waals surface area contributed by atoms with E-state index >= 15 is 0 Å². The lowest BCUT2D eigenvalue weighted by atomic mass is 9.90. The monoisotopic (exact) mass is 654 g/mol. The summed E-state index contributed by atoms with van der Waals surface area (Å²) in [6.07, 6.45) is 11.1. The molecule has 3 fully saturated rings. The number of fused-ring (bicyclic) bond motifs is 1. The number of hydrogen-bond donors (Lipinski definition) is 1. The molecule has 8 heteroatoms. The van der Waals surface area contributed by atoms with Gasteiger partial charge >= 0.3 is 0 Å². The highest BCUT2D eigenvalue weighted by molar-refractivity contribution is 7.22. The molecular formula is C39H46N2O5S. The number of ketones is 1. The molecule has 0 unspecified atom stereocenters. The SMILES string of the molecule is COc1cc(C(=O)c2c(-c3ccc(OCCN4CCCC4)cc3)sc3cc(O)ccc23)ccc1O[C@@H]1CCCC[C@H]1N1CCCCC1. The van der Waals surface area contributed by atoms with Crippen molar-refractivity contribution in [2.45, 2.75) is 69.9 Å². The van der Waals surface area contributed by atoms with Crippen molar-refractivity contribution in [1.82, 2.24) is 9.80 Å². The lowest BCUT2D eigenvalue weighted by Gasteiger charge is -2.41. The molecule has 0 spiro atoms. The van der Waals surface area contributed by atoms with Crippen molar-refractivity contribution < 1.29 is 24.1 Å². The average Bonchev–Trinajstić information content (AvgIpc) is 3.77. The summed E-state index contributed by atoms with van der Waals surface area (Å²) in [4.78, 5) is 20.3. The van der Waals surface area contributed by atoms with Crippen molar-refractivity contribution in [2.75, 3.05) is 46.4 Å². The standard InChI is InChI=1S/C39H46N2O5S/c1-44-35-25-28(13-18-34(35)46-33-10-4-3-9-32(33)41-21-5-2-6-22-41)38(43)37-31-17-14-29(42)26-36(31)47-39(37)27-11-15-30(16-12-27)45-24-23-40-19-7-8-20-40/h11-18,25-26,32-33,42H,2-10,19-24H2,1H3/t32-,33-/m1/s1. The van der Waals surface area contributed by atoms with E-state index in [0.717, 1.165) is 65.4 Å². The van der Waals surface area contributed by atoms with E-state index in [4.69, 9.17) is 14.2 Å². The van der Waals surface area contributed by atoms with Crippen LogP contribution < -0.4 is 14.2 Å². The smallest absolute Gasteiger partial charge is 0.195 e. The first-order chi connectivity index (χ1) is 23.1. The summed E-state index contributed by atoms with van der Waals surface area (Å²) in [5.74, 6) is 2.18. The molecule has 2 atom stereocenters. The Morgan fingerprint density at radius 1 is 0.851 bits per heavy atom. The van der Waals surface area contributed by atoms with E-state index in [1.54, 1.807) is 19.2 Å². The molecule has 0 radical (unpaired) electrons. The molecule has 7 rings (SSSR count). The predicted molar refractivity (Wildman–Crippen MR) is 189 cm³/mol. The molecule has 4 aromatic rings. The van der Waals surface area contributed by atoms with Gasteiger partial charge in [-0.05, 0) is 137 Å². The number of ether oxygens (including phenoxy) is 3. The van der Waals surface area contributed by atoms with Crippen LogP contribution in [0, 0.1) is 0 Å². The quantitative estimate of drug-likeness (QED) is 0.164. The number of piperidine rings is 1. The van der Waals surface area contributed by atoms with E-state index in [9.17, 15) is 9.90 Å². The fourth-order valence-electron chi connectivity index (χ4n) is 7.61. The summed E-state index contributed by atoms with van der Waals surface area (Å²) < 4.78 is 19.4. The first kappa shape index (κ1) is 32.0. The Morgan fingerprint density at radius 3 is 2.40 bits per heavy atom. The Balaban J connectivity index is 1.14. The lowest BCUT2D eigenvalue weighted by Crippen LogP contribution is -2.49. The van der Waals surface area contributed by atoms with Gasteiger partial charge in [-0.25, -0.2) is 0 Å². The third kappa shape index (κ3) is 7.15. The van der Waals surface area contributed by atoms with Crippen molar-refractivity contribution in [2.24, 2.45) is 0 Å². The van der Waals surface area contributed by atoms with Crippen molar-refractivity contribution in [3.8, 4) is 33.4 Å². The zero-order chi connectivity index (χ0) is 32.2. The zero-order valence-electron chi connectivity index (χ0n) is 27.4. The number of rotatable bonds is 11. The number of phenols is 1. The van der Waals surface area contributed by atoms with Crippen LogP contribution in [0.15, 0.2) is 60.7 Å². The number of carbonyl (C=O) groups excluding carboxylic acids is 1. The first-order valence-corrected chi connectivity index (χ1v) is 18.2. The maximum Gasteiger partial charge on any atom is 0.195 e. The molecule has 2 aliphatic heterocycles. The molecule has 248 valence electrons. The Kier molecular flexibility index (Phi) is 9.98. The van der Waals surface area contributed by atoms with Gasteiger partial charge in [-0.2, -0.15) is 0 Å². The Labute approximate surface area is 282 Å². The van der Waals surface area contributed by atoms with Crippen LogP contribution in [0.1, 0.15) is 73.7 Å². The normalized spacial score (nSPS) is 20.8. The zero-order valence-corrected chi connectivity index (χ0v) is 28.2. The van der Waals surface area contributed by atoms with Gasteiger partial charge in [0, 0.05) is 38.7 Å². The Morgan fingerprint density at radius 2 is 1.62 bits per heavy atom. The van der Waals surface area contributed by atoms with Gasteiger partial charge in [0.1, 0.15) is 24.2 Å². The fourth-order valence-corrected chi connectivity index (χ4v) is 8.85. The molecule has 1 aromatic heterocycles. The number of aromatic hydroxyl groups is 1. The van der Waals surface area contributed by atoms with E-state index in [-0.39, 0.29) is 17.6 Å². The average molecular weight is 655 g/mol. The molecule has 0 amide bonds. The number of methoxy groups -OCH3 is 1. The van der Waals surface area contributed by atoms with Crippen LogP contribution in [-0.4, -0.2) is 79.3 Å². The van der Waals surface area contributed by atoms with Crippen molar-refractivity contribution in [3.63, 3.8) is 0 Å². The summed E-state index contributed by atoms with van der Waals surface area (Å²) in [6.45, 7) is 6.21. The topological polar surface area (TPSA) is 71.5 Å². The summed E-state index contributed by atoms with van der Waals surface area (Å²) in [5.41, 5.74) is 2.11. The minimum absolute atomic E-state index is 0.0865. The van der Waals surface area contributed by atoms with Crippen LogP contribution in [0.25, 0.3) is 20.5 Å². The molecule has 1 saturated carbocycles. The Bertz CT molecular complexity index is 1670. The van der Waals surface area contributed by atoms with E-state index in [1.807, 2.05) is 48.5 Å². The number of carbonyl (C=O) groups is 1. The molecule has 1 aliphatic carbocycles. The summed E-state index contributed by atoms with van der Waals surface area (Å²) >= 11 is 1.52. The van der Waals surface area contributed by atoms with Gasteiger partial charge in [-0.3, -0.25) is 14.6 Å². The van der Waals surface area contributed by atoms with Gasteiger partial charge in [0.25, 0.3) is 0 Å². The number of thiophene rings is 1. The summed E-state index contributed by atoms with van der Waals surface area (Å²) in [6, 6.07) is 19.2. The molecule has 3 aliphatic rings. The second-order valence-electron chi connectivity index (χ2n) is 13.2. The van der Waals surface area contributed by atoms with E-state index in [0.29, 0.717) is 35.3 Å². The van der Waals surface area contributed by atoms with E-state index in [2.05, 4.69) is 9.80 Å². The van der Waals surface area contributed by atoms with Gasteiger partial charge in [-0.15, -0.1) is 11.3 Å². The third-order valence-electron chi connectivity index (χ3n) is 10.1. The highest BCUT2D eigenvalue weighted by Crippen LogP contribution is 2.42. The molecular weight excluding hydrogens is 609 g/mol. The second kappa shape index (κ2) is 14.7. The van der Waals surface area contributed by atoms with Gasteiger partial charge in [0.15, 0.2) is 17.3 Å². The van der Waals surface area contributed by atoms with Crippen LogP contribution in [0.2, 0.25) is 0 Å². The molecule has 47 heavy (non-hydrogen) atoms. The number of phenolic OH excluding ortho intramolecular Hbond substituents is 1. The Hall–Kier alpha value is -3.59. The van der Waals surface area contributed by atoms with Gasteiger partial charge in [0.2, 0.25) is 0 Å². The van der Waals surface area contributed by atoms with E-state index < -0.39 is 0 Å². The van der Waals surface area contributed by atoms with Crippen molar-refractivity contribution in [3.05, 3.63) is 71.8 Å². The highest BCUT2D eigenvalue weighted by Gasteiger charge is 2.33. The van der Waals surface area contributed by atoms with Crippen LogP contribution in [-0.2, 0) is 0 Å². The van der Waals surface area contributed by atoms with Crippen LogP contribution in [0.4, 0.5) is 0 Å². The lowest BCUT2D eigenvalue weighted by molar-refractivity contribution is 0.0248. The fraction of sp³-hybridized carbons (Fsp3) is 0.462. The molecule has 3 heterocycles.